The molecule has 0 saturated heterocycles. The van der Waals surface area contributed by atoms with E-state index in [0.717, 1.165) is 18.3 Å². The highest BCUT2D eigenvalue weighted by Gasteiger charge is 2.09. The van der Waals surface area contributed by atoms with Gasteiger partial charge in [-0.05, 0) is 20.8 Å². The van der Waals surface area contributed by atoms with Gasteiger partial charge in [-0.3, -0.25) is 4.99 Å². The summed E-state index contributed by atoms with van der Waals surface area (Å²) in [6.45, 7) is 11.8. The Hall–Kier alpha value is -0.860. The highest BCUT2D eigenvalue weighted by atomic mass is 127. The lowest BCUT2D eigenvalue weighted by Crippen LogP contribution is -2.41. The molecule has 7 heteroatoms. The third-order valence-corrected chi connectivity index (χ3v) is 2.37. The molecule has 1 aromatic heterocycles. The molecular formula is C13H26IN5O. The minimum absolute atomic E-state index is 0. The fraction of sp³-hybridized carbons (Fsp3) is 0.769. The van der Waals surface area contributed by atoms with Crippen LogP contribution in [0, 0.1) is 0 Å². The second-order valence-corrected chi connectivity index (χ2v) is 5.01. The van der Waals surface area contributed by atoms with Gasteiger partial charge in [-0.2, -0.15) is 4.98 Å². The number of rotatable bonds is 6. The quantitative estimate of drug-likeness (QED) is 0.439. The Morgan fingerprint density at radius 2 is 2.00 bits per heavy atom. The maximum Gasteiger partial charge on any atom is 0.228 e. The number of hydrogen-bond acceptors (Lipinski definition) is 4. The minimum atomic E-state index is 0. The lowest BCUT2D eigenvalue weighted by Gasteiger charge is -2.13. The van der Waals surface area contributed by atoms with E-state index in [2.05, 4.69) is 39.6 Å². The molecular weight excluding hydrogens is 369 g/mol. The molecule has 116 valence electrons. The van der Waals surface area contributed by atoms with E-state index in [4.69, 9.17) is 4.52 Å². The van der Waals surface area contributed by atoms with Gasteiger partial charge in [0, 0.05) is 24.9 Å². The Balaban J connectivity index is 0.00000361. The van der Waals surface area contributed by atoms with Crippen LogP contribution >= 0.6 is 24.0 Å². The molecule has 1 aromatic rings. The van der Waals surface area contributed by atoms with Gasteiger partial charge < -0.3 is 15.2 Å². The summed E-state index contributed by atoms with van der Waals surface area (Å²) >= 11 is 0. The standard InChI is InChI=1S/C13H25N5O.HI/c1-6-14-13(16-10(4)5)15-8-7-11-17-12(9(2)3)18-19-11;/h9-10H,6-8H2,1-5H3,(H2,14,15,16);1H. The van der Waals surface area contributed by atoms with Gasteiger partial charge in [0.05, 0.1) is 6.54 Å². The largest absolute Gasteiger partial charge is 0.357 e. The number of hydrogen-bond donors (Lipinski definition) is 2. The van der Waals surface area contributed by atoms with Crippen LogP contribution in [0.3, 0.4) is 0 Å². The Morgan fingerprint density at radius 3 is 2.50 bits per heavy atom. The molecule has 0 aliphatic rings. The predicted molar refractivity (Wildman–Crippen MR) is 91.8 cm³/mol. The van der Waals surface area contributed by atoms with Crippen molar-refractivity contribution in [2.24, 2.45) is 4.99 Å². The van der Waals surface area contributed by atoms with E-state index in [1.807, 2.05) is 20.8 Å². The molecule has 0 bridgehead atoms. The van der Waals surface area contributed by atoms with Crippen LogP contribution in [-0.4, -0.2) is 35.2 Å². The molecule has 1 heterocycles. The number of nitrogens with zero attached hydrogens (tertiary/aromatic N) is 3. The number of nitrogens with one attached hydrogen (secondary N) is 2. The molecule has 1 rings (SSSR count). The maximum atomic E-state index is 5.18. The zero-order valence-electron chi connectivity index (χ0n) is 12.9. The van der Waals surface area contributed by atoms with E-state index >= 15 is 0 Å². The number of aromatic nitrogens is 2. The molecule has 0 aliphatic heterocycles. The second-order valence-electron chi connectivity index (χ2n) is 5.01. The van der Waals surface area contributed by atoms with E-state index in [1.54, 1.807) is 0 Å². The van der Waals surface area contributed by atoms with Crippen LogP contribution in [-0.2, 0) is 6.42 Å². The Bertz CT molecular complexity index is 403. The third kappa shape index (κ3) is 7.06. The molecule has 0 aromatic carbocycles. The highest BCUT2D eigenvalue weighted by molar-refractivity contribution is 14.0. The average Bonchev–Trinajstić information content (AvgIpc) is 2.77. The zero-order chi connectivity index (χ0) is 14.3. The molecule has 20 heavy (non-hydrogen) atoms. The Morgan fingerprint density at radius 1 is 1.30 bits per heavy atom. The average molecular weight is 395 g/mol. The van der Waals surface area contributed by atoms with Gasteiger partial charge in [-0.15, -0.1) is 24.0 Å². The Kier molecular flexibility index (Phi) is 9.52. The highest BCUT2D eigenvalue weighted by Crippen LogP contribution is 2.09. The molecule has 0 atom stereocenters. The van der Waals surface area contributed by atoms with Crippen molar-refractivity contribution in [1.29, 1.82) is 0 Å². The monoisotopic (exact) mass is 395 g/mol. The van der Waals surface area contributed by atoms with Crippen molar-refractivity contribution in [2.75, 3.05) is 13.1 Å². The first-order valence-corrected chi connectivity index (χ1v) is 6.90. The van der Waals surface area contributed by atoms with Gasteiger partial charge in [-0.25, -0.2) is 0 Å². The predicted octanol–water partition coefficient (Wildman–Crippen LogP) is 2.32. The minimum Gasteiger partial charge on any atom is -0.357 e. The summed E-state index contributed by atoms with van der Waals surface area (Å²) < 4.78 is 5.18. The van der Waals surface area contributed by atoms with E-state index in [0.29, 0.717) is 30.8 Å². The number of guanidine groups is 1. The van der Waals surface area contributed by atoms with E-state index in [-0.39, 0.29) is 24.0 Å². The zero-order valence-corrected chi connectivity index (χ0v) is 15.3. The first kappa shape index (κ1) is 19.1. The van der Waals surface area contributed by atoms with Crippen LogP contribution in [0.5, 0.6) is 0 Å². The summed E-state index contributed by atoms with van der Waals surface area (Å²) in [5.41, 5.74) is 0. The molecule has 0 unspecified atom stereocenters. The van der Waals surface area contributed by atoms with Crippen LogP contribution in [0.2, 0.25) is 0 Å². The van der Waals surface area contributed by atoms with Gasteiger partial charge in [0.15, 0.2) is 11.8 Å². The van der Waals surface area contributed by atoms with Crippen LogP contribution in [0.4, 0.5) is 0 Å². The first-order chi connectivity index (χ1) is 9.02. The molecule has 0 aliphatic carbocycles. The smallest absolute Gasteiger partial charge is 0.228 e. The van der Waals surface area contributed by atoms with E-state index in [1.165, 1.54) is 0 Å². The normalized spacial score (nSPS) is 11.7. The van der Waals surface area contributed by atoms with Crippen molar-refractivity contribution in [3.8, 4) is 0 Å². The lowest BCUT2D eigenvalue weighted by molar-refractivity contribution is 0.372. The summed E-state index contributed by atoms with van der Waals surface area (Å²) in [4.78, 5) is 8.80. The van der Waals surface area contributed by atoms with Crippen molar-refractivity contribution in [3.05, 3.63) is 11.7 Å². The van der Waals surface area contributed by atoms with Gasteiger partial charge in [0.25, 0.3) is 0 Å². The molecule has 0 saturated carbocycles. The maximum absolute atomic E-state index is 5.18. The lowest BCUT2D eigenvalue weighted by atomic mass is 10.2. The van der Waals surface area contributed by atoms with E-state index in [9.17, 15) is 0 Å². The van der Waals surface area contributed by atoms with Crippen molar-refractivity contribution in [1.82, 2.24) is 20.8 Å². The third-order valence-electron chi connectivity index (χ3n) is 2.37. The van der Waals surface area contributed by atoms with Gasteiger partial charge in [-0.1, -0.05) is 19.0 Å². The summed E-state index contributed by atoms with van der Waals surface area (Å²) in [5, 5.41) is 10.4. The Labute approximate surface area is 138 Å². The molecule has 0 amide bonds. The van der Waals surface area contributed by atoms with Gasteiger partial charge >= 0.3 is 0 Å². The van der Waals surface area contributed by atoms with Crippen molar-refractivity contribution >= 4 is 29.9 Å². The van der Waals surface area contributed by atoms with Gasteiger partial charge in [0.1, 0.15) is 0 Å². The number of halogens is 1. The second kappa shape index (κ2) is 9.95. The topological polar surface area (TPSA) is 75.3 Å². The molecule has 0 spiro atoms. The fourth-order valence-corrected chi connectivity index (χ4v) is 1.46. The van der Waals surface area contributed by atoms with Crippen molar-refractivity contribution < 1.29 is 4.52 Å². The fourth-order valence-electron chi connectivity index (χ4n) is 1.46. The van der Waals surface area contributed by atoms with Crippen molar-refractivity contribution in [3.63, 3.8) is 0 Å². The summed E-state index contributed by atoms with van der Waals surface area (Å²) in [7, 11) is 0. The van der Waals surface area contributed by atoms with Crippen LogP contribution in [0.25, 0.3) is 0 Å². The van der Waals surface area contributed by atoms with Gasteiger partial charge in [0.2, 0.25) is 5.89 Å². The van der Waals surface area contributed by atoms with E-state index < -0.39 is 0 Å². The SMILES string of the molecule is CCNC(=NCCc1nc(C(C)C)no1)NC(C)C.I. The molecule has 0 radical (unpaired) electrons. The van der Waals surface area contributed by atoms with Crippen LogP contribution in [0.1, 0.15) is 52.3 Å². The first-order valence-electron chi connectivity index (χ1n) is 6.90. The summed E-state index contributed by atoms with van der Waals surface area (Å²) in [6, 6.07) is 0.355. The molecule has 6 nitrogen and oxygen atoms in total. The van der Waals surface area contributed by atoms with Crippen LogP contribution in [0.15, 0.2) is 9.52 Å². The van der Waals surface area contributed by atoms with Crippen molar-refractivity contribution in [2.45, 2.75) is 53.0 Å². The summed E-state index contributed by atoms with van der Waals surface area (Å²) in [6.07, 6.45) is 0.661. The molecule has 2 N–H and O–H groups in total. The molecule has 0 fully saturated rings. The van der Waals surface area contributed by atoms with Crippen LogP contribution < -0.4 is 10.6 Å². The summed E-state index contributed by atoms with van der Waals surface area (Å²) in [5.74, 6) is 2.51. The number of aliphatic imine (C=N–C) groups is 1.